The Kier molecular flexibility index (Phi) is 5.46. The van der Waals surface area contributed by atoms with Crippen LogP contribution in [-0.2, 0) is 16.1 Å². The van der Waals surface area contributed by atoms with Crippen molar-refractivity contribution in [1.82, 2.24) is 4.90 Å². The molecule has 26 heavy (non-hydrogen) atoms. The van der Waals surface area contributed by atoms with E-state index in [4.69, 9.17) is 4.74 Å². The summed E-state index contributed by atoms with van der Waals surface area (Å²) in [5.41, 5.74) is 0.586. The van der Waals surface area contributed by atoms with Gasteiger partial charge >= 0.3 is 6.09 Å². The fraction of sp³-hybridized carbons (Fsp3) is 0.263. The summed E-state index contributed by atoms with van der Waals surface area (Å²) in [5, 5.41) is 2.35. The van der Waals surface area contributed by atoms with Gasteiger partial charge in [0, 0.05) is 12.6 Å². The van der Waals surface area contributed by atoms with Gasteiger partial charge in [0.15, 0.2) is 0 Å². The molecule has 0 radical (unpaired) electrons. The Morgan fingerprint density at radius 3 is 2.69 bits per heavy atom. The van der Waals surface area contributed by atoms with Crippen molar-refractivity contribution in [2.45, 2.75) is 25.5 Å². The van der Waals surface area contributed by atoms with Crippen LogP contribution in [-0.4, -0.2) is 29.5 Å². The third kappa shape index (κ3) is 4.17. The molecule has 0 saturated carbocycles. The van der Waals surface area contributed by atoms with Gasteiger partial charge in [0.2, 0.25) is 5.91 Å². The first-order chi connectivity index (χ1) is 12.5. The van der Waals surface area contributed by atoms with Crippen LogP contribution in [0.1, 0.15) is 18.4 Å². The lowest BCUT2D eigenvalue weighted by atomic mass is 10.2. The van der Waals surface area contributed by atoms with Crippen LogP contribution in [0.25, 0.3) is 0 Å². The van der Waals surface area contributed by atoms with Crippen molar-refractivity contribution >= 4 is 17.7 Å². The molecule has 0 aliphatic carbocycles. The molecule has 0 bridgehead atoms. The molecule has 1 atom stereocenters. The molecule has 0 spiro atoms. The number of anilines is 1. The van der Waals surface area contributed by atoms with Gasteiger partial charge in [-0.05, 0) is 30.5 Å². The molecule has 1 unspecified atom stereocenters. The van der Waals surface area contributed by atoms with Crippen molar-refractivity contribution in [3.8, 4) is 0 Å². The molecule has 1 saturated heterocycles. The fourth-order valence-corrected chi connectivity index (χ4v) is 2.87. The fourth-order valence-electron chi connectivity index (χ4n) is 2.87. The maximum absolute atomic E-state index is 13.7. The van der Waals surface area contributed by atoms with Crippen LogP contribution in [0, 0.1) is 11.6 Å². The summed E-state index contributed by atoms with van der Waals surface area (Å²) in [5.74, 6) is -1.97. The summed E-state index contributed by atoms with van der Waals surface area (Å²) < 4.78 is 32.2. The number of nitrogens with one attached hydrogen (secondary N) is 1. The number of halogens is 2. The number of carbonyl (C=O) groups excluding carboxylic acids is 2. The summed E-state index contributed by atoms with van der Waals surface area (Å²) in [6.07, 6.45) is 0.458. The van der Waals surface area contributed by atoms with Gasteiger partial charge in [-0.1, -0.05) is 30.3 Å². The van der Waals surface area contributed by atoms with E-state index < -0.39 is 29.7 Å². The molecule has 2 amide bonds. The number of likely N-dealkylation sites (tertiary alicyclic amines) is 1. The Morgan fingerprint density at radius 1 is 1.15 bits per heavy atom. The molecular weight excluding hydrogens is 342 g/mol. The first kappa shape index (κ1) is 17.8. The van der Waals surface area contributed by atoms with Crippen molar-refractivity contribution in [3.05, 3.63) is 65.7 Å². The van der Waals surface area contributed by atoms with E-state index in [1.165, 1.54) is 4.90 Å². The number of amides is 2. The van der Waals surface area contributed by atoms with Gasteiger partial charge < -0.3 is 10.1 Å². The second kappa shape index (κ2) is 7.95. The molecule has 5 nitrogen and oxygen atoms in total. The largest absolute Gasteiger partial charge is 0.445 e. The highest BCUT2D eigenvalue weighted by Crippen LogP contribution is 2.22. The molecular formula is C19H18F2N2O3. The molecule has 2 aromatic carbocycles. The summed E-state index contributed by atoms with van der Waals surface area (Å²) in [6, 6.07) is 11.2. The van der Waals surface area contributed by atoms with Crippen molar-refractivity contribution in [3.63, 3.8) is 0 Å². The zero-order chi connectivity index (χ0) is 18.5. The molecule has 7 heteroatoms. The first-order valence-corrected chi connectivity index (χ1v) is 8.28. The molecule has 2 aromatic rings. The predicted molar refractivity (Wildman–Crippen MR) is 91.3 cm³/mol. The van der Waals surface area contributed by atoms with E-state index >= 15 is 0 Å². The van der Waals surface area contributed by atoms with Crippen molar-refractivity contribution in [1.29, 1.82) is 0 Å². The van der Waals surface area contributed by atoms with Gasteiger partial charge in [-0.2, -0.15) is 0 Å². The predicted octanol–water partition coefficient (Wildman–Crippen LogP) is 3.70. The van der Waals surface area contributed by atoms with E-state index in [-0.39, 0.29) is 12.3 Å². The minimum atomic E-state index is -0.777. The molecule has 1 N–H and O–H groups in total. The topological polar surface area (TPSA) is 58.6 Å². The van der Waals surface area contributed by atoms with Crippen LogP contribution < -0.4 is 5.32 Å². The molecule has 1 heterocycles. The molecule has 1 aliphatic rings. The van der Waals surface area contributed by atoms with Gasteiger partial charge in [-0.25, -0.2) is 13.6 Å². The standard InChI is InChI=1S/C19H18F2N2O3/c20-14-8-9-15(21)16(11-14)22-18(24)17-7-4-10-23(17)19(25)26-12-13-5-2-1-3-6-13/h1-3,5-6,8-9,11,17H,4,7,10,12H2,(H,22,24). The van der Waals surface area contributed by atoms with E-state index in [9.17, 15) is 18.4 Å². The lowest BCUT2D eigenvalue weighted by Crippen LogP contribution is -2.43. The molecule has 1 fully saturated rings. The van der Waals surface area contributed by atoms with Crippen LogP contribution in [0.3, 0.4) is 0 Å². The maximum Gasteiger partial charge on any atom is 0.410 e. The first-order valence-electron chi connectivity index (χ1n) is 8.28. The van der Waals surface area contributed by atoms with Gasteiger partial charge in [-0.3, -0.25) is 9.69 Å². The zero-order valence-corrected chi connectivity index (χ0v) is 14.0. The Bertz CT molecular complexity index is 799. The van der Waals surface area contributed by atoms with Gasteiger partial charge in [-0.15, -0.1) is 0 Å². The van der Waals surface area contributed by atoms with E-state index in [2.05, 4.69) is 5.32 Å². The van der Waals surface area contributed by atoms with E-state index in [1.807, 2.05) is 30.3 Å². The summed E-state index contributed by atoms with van der Waals surface area (Å²) >= 11 is 0. The highest BCUT2D eigenvalue weighted by atomic mass is 19.1. The molecule has 3 rings (SSSR count). The Hall–Kier alpha value is -2.96. The molecule has 136 valence electrons. The smallest absolute Gasteiger partial charge is 0.410 e. The highest BCUT2D eigenvalue weighted by molar-refractivity contribution is 5.97. The Labute approximate surface area is 149 Å². The molecule has 1 aliphatic heterocycles. The van der Waals surface area contributed by atoms with Gasteiger partial charge in [0.25, 0.3) is 0 Å². The zero-order valence-electron chi connectivity index (χ0n) is 14.0. The van der Waals surface area contributed by atoms with E-state index in [0.717, 1.165) is 23.8 Å². The Morgan fingerprint density at radius 2 is 1.92 bits per heavy atom. The third-order valence-electron chi connectivity index (χ3n) is 4.18. The van der Waals surface area contributed by atoms with Gasteiger partial charge in [0.1, 0.15) is 24.3 Å². The van der Waals surface area contributed by atoms with Crippen LogP contribution >= 0.6 is 0 Å². The van der Waals surface area contributed by atoms with Crippen LogP contribution in [0.4, 0.5) is 19.3 Å². The SMILES string of the molecule is O=C(Nc1cc(F)ccc1F)C1CCCN1C(=O)OCc1ccccc1. The highest BCUT2D eigenvalue weighted by Gasteiger charge is 2.35. The average Bonchev–Trinajstić information content (AvgIpc) is 3.13. The van der Waals surface area contributed by atoms with Crippen LogP contribution in [0.2, 0.25) is 0 Å². The monoisotopic (exact) mass is 360 g/mol. The second-order valence-electron chi connectivity index (χ2n) is 6.01. The van der Waals surface area contributed by atoms with Crippen molar-refractivity contribution in [2.24, 2.45) is 0 Å². The van der Waals surface area contributed by atoms with Gasteiger partial charge in [0.05, 0.1) is 5.69 Å². The lowest BCUT2D eigenvalue weighted by Gasteiger charge is -2.23. The number of ether oxygens (including phenoxy) is 1. The minimum absolute atomic E-state index is 0.100. The number of nitrogens with zero attached hydrogens (tertiary/aromatic N) is 1. The quantitative estimate of drug-likeness (QED) is 0.904. The number of rotatable bonds is 4. The summed E-state index contributed by atoms with van der Waals surface area (Å²) in [7, 11) is 0. The van der Waals surface area contributed by atoms with Crippen LogP contribution in [0.15, 0.2) is 48.5 Å². The number of hydrogen-bond acceptors (Lipinski definition) is 3. The van der Waals surface area contributed by atoms with E-state index in [1.54, 1.807) is 0 Å². The third-order valence-corrected chi connectivity index (χ3v) is 4.18. The lowest BCUT2D eigenvalue weighted by molar-refractivity contribution is -0.120. The van der Waals surface area contributed by atoms with Crippen LogP contribution in [0.5, 0.6) is 0 Å². The summed E-state index contributed by atoms with van der Waals surface area (Å²) in [4.78, 5) is 26.0. The summed E-state index contributed by atoms with van der Waals surface area (Å²) in [6.45, 7) is 0.473. The number of benzene rings is 2. The van der Waals surface area contributed by atoms with Crippen molar-refractivity contribution < 1.29 is 23.1 Å². The Balaban J connectivity index is 1.62. The average molecular weight is 360 g/mol. The minimum Gasteiger partial charge on any atom is -0.445 e. The maximum atomic E-state index is 13.7. The number of hydrogen-bond donors (Lipinski definition) is 1. The number of carbonyl (C=O) groups is 2. The second-order valence-corrected chi connectivity index (χ2v) is 6.01. The normalized spacial score (nSPS) is 16.4. The molecule has 0 aromatic heterocycles. The van der Waals surface area contributed by atoms with E-state index in [0.29, 0.717) is 19.4 Å². The van der Waals surface area contributed by atoms with Crippen molar-refractivity contribution in [2.75, 3.05) is 11.9 Å².